The summed E-state index contributed by atoms with van der Waals surface area (Å²) in [5, 5.41) is 15.3. The number of benzene rings is 1. The minimum atomic E-state index is -0.370. The van der Waals surface area contributed by atoms with Gasteiger partial charge in [-0.1, -0.05) is 0 Å². The van der Waals surface area contributed by atoms with Crippen LogP contribution < -0.4 is 10.2 Å². The molecule has 3 aromatic rings. The Kier molecular flexibility index (Phi) is 4.01. The second-order valence-corrected chi connectivity index (χ2v) is 6.93. The maximum atomic E-state index is 10.9. The first-order valence-electron chi connectivity index (χ1n) is 8.07. The number of fused-ring (bicyclic) bond motifs is 1. The molecule has 4 rings (SSSR count). The number of nitrogens with one attached hydrogen (secondary N) is 1. The standard InChI is InChI=1S/C16H17N5O2S/c22-21(23)13-3-1-12(2-4-13)15-14(11-19-7-5-17-6-8-19)20-9-10-24-16(20)18-15/h1-4,9-10,17H,5-8,11H2/p+2. The number of nitro groups is 1. The fourth-order valence-electron chi connectivity index (χ4n) is 3.27. The Labute approximate surface area is 142 Å². The van der Waals surface area contributed by atoms with Crippen LogP contribution in [0.25, 0.3) is 16.2 Å². The fourth-order valence-corrected chi connectivity index (χ4v) is 4.00. The molecule has 0 amide bonds. The van der Waals surface area contributed by atoms with E-state index in [1.54, 1.807) is 40.5 Å². The van der Waals surface area contributed by atoms with E-state index >= 15 is 0 Å². The molecule has 0 radical (unpaired) electrons. The molecular formula is C16H19N5O2S+2. The number of piperazine rings is 1. The fraction of sp³-hybridized carbons (Fsp3) is 0.312. The summed E-state index contributed by atoms with van der Waals surface area (Å²) in [7, 11) is 0. The second kappa shape index (κ2) is 6.31. The normalized spacial score (nSPS) is 15.8. The topological polar surface area (TPSA) is 81.5 Å². The van der Waals surface area contributed by atoms with Gasteiger partial charge in [0, 0.05) is 29.3 Å². The number of hydrogen-bond acceptors (Lipinski definition) is 4. The number of thiazole rings is 1. The molecule has 8 heteroatoms. The highest BCUT2D eigenvalue weighted by Gasteiger charge is 2.22. The first-order chi connectivity index (χ1) is 11.7. The molecule has 7 nitrogen and oxygen atoms in total. The van der Waals surface area contributed by atoms with E-state index in [4.69, 9.17) is 4.98 Å². The van der Waals surface area contributed by atoms with Gasteiger partial charge in [0.15, 0.2) is 4.96 Å². The van der Waals surface area contributed by atoms with Crippen LogP contribution in [0.15, 0.2) is 35.8 Å². The van der Waals surface area contributed by atoms with E-state index in [2.05, 4.69) is 15.9 Å². The zero-order chi connectivity index (χ0) is 16.5. The largest absolute Gasteiger partial charge is 0.337 e. The lowest BCUT2D eigenvalue weighted by Crippen LogP contribution is -3.19. The highest BCUT2D eigenvalue weighted by Crippen LogP contribution is 2.27. The van der Waals surface area contributed by atoms with Gasteiger partial charge in [0.2, 0.25) is 0 Å². The number of nitro benzene ring substituents is 1. The number of quaternary nitrogens is 2. The number of non-ortho nitro benzene ring substituents is 1. The van der Waals surface area contributed by atoms with Gasteiger partial charge < -0.3 is 10.2 Å². The van der Waals surface area contributed by atoms with Crippen LogP contribution in [0.1, 0.15) is 5.69 Å². The minimum absolute atomic E-state index is 0.110. The Morgan fingerprint density at radius 3 is 2.75 bits per heavy atom. The molecule has 124 valence electrons. The average Bonchev–Trinajstić information content (AvgIpc) is 3.19. The SMILES string of the molecule is O=[N+]([O-])c1ccc(-c2nc3sccn3c2C[NH+]2CC[NH2+]CC2)cc1. The molecule has 3 N–H and O–H groups in total. The van der Waals surface area contributed by atoms with Crippen molar-refractivity contribution < 1.29 is 15.1 Å². The second-order valence-electron chi connectivity index (χ2n) is 6.06. The van der Waals surface area contributed by atoms with E-state index < -0.39 is 0 Å². The Hall–Kier alpha value is -2.29. The van der Waals surface area contributed by atoms with Crippen molar-refractivity contribution in [3.63, 3.8) is 0 Å². The molecule has 0 spiro atoms. The Morgan fingerprint density at radius 2 is 2.04 bits per heavy atom. The van der Waals surface area contributed by atoms with E-state index in [0.29, 0.717) is 0 Å². The van der Waals surface area contributed by atoms with Gasteiger partial charge in [-0.25, -0.2) is 4.98 Å². The molecule has 24 heavy (non-hydrogen) atoms. The highest BCUT2D eigenvalue weighted by molar-refractivity contribution is 7.15. The lowest BCUT2D eigenvalue weighted by molar-refractivity contribution is -0.958. The van der Waals surface area contributed by atoms with Crippen LogP contribution in [0.2, 0.25) is 0 Å². The third-order valence-electron chi connectivity index (χ3n) is 4.53. The lowest BCUT2D eigenvalue weighted by Gasteiger charge is -2.22. The van der Waals surface area contributed by atoms with Crippen LogP contribution in [0.3, 0.4) is 0 Å². The quantitative estimate of drug-likeness (QED) is 0.513. The molecule has 0 saturated carbocycles. The van der Waals surface area contributed by atoms with Gasteiger partial charge >= 0.3 is 0 Å². The minimum Gasteiger partial charge on any atom is -0.337 e. The molecule has 2 aromatic heterocycles. The number of aromatic nitrogens is 2. The predicted octanol–water partition coefficient (Wildman–Crippen LogP) is -0.0671. The van der Waals surface area contributed by atoms with Gasteiger partial charge in [-0.3, -0.25) is 14.5 Å². The molecule has 0 aliphatic carbocycles. The molecular weight excluding hydrogens is 326 g/mol. The molecule has 1 aliphatic heterocycles. The molecule has 0 atom stereocenters. The third-order valence-corrected chi connectivity index (χ3v) is 5.29. The maximum Gasteiger partial charge on any atom is 0.269 e. The first kappa shape index (κ1) is 15.3. The smallest absolute Gasteiger partial charge is 0.269 e. The summed E-state index contributed by atoms with van der Waals surface area (Å²) in [6, 6.07) is 6.70. The van der Waals surface area contributed by atoms with Crippen molar-refractivity contribution in [3.05, 3.63) is 51.7 Å². The zero-order valence-electron chi connectivity index (χ0n) is 13.1. The van der Waals surface area contributed by atoms with Crippen LogP contribution in [0.5, 0.6) is 0 Å². The molecule has 0 bridgehead atoms. The van der Waals surface area contributed by atoms with Crippen molar-refractivity contribution in [2.45, 2.75) is 6.54 Å². The summed E-state index contributed by atoms with van der Waals surface area (Å²) in [4.78, 5) is 17.8. The average molecular weight is 345 g/mol. The summed E-state index contributed by atoms with van der Waals surface area (Å²) in [6.07, 6.45) is 2.06. The van der Waals surface area contributed by atoms with Gasteiger partial charge in [0.05, 0.1) is 10.6 Å². The summed E-state index contributed by atoms with van der Waals surface area (Å²) in [6.45, 7) is 5.55. The van der Waals surface area contributed by atoms with Gasteiger partial charge in [0.25, 0.3) is 5.69 Å². The first-order valence-corrected chi connectivity index (χ1v) is 8.95. The van der Waals surface area contributed by atoms with Gasteiger partial charge in [-0.05, 0) is 12.1 Å². The number of imidazole rings is 1. The molecule has 1 fully saturated rings. The molecule has 1 aliphatic rings. The molecule has 3 heterocycles. The van der Waals surface area contributed by atoms with Crippen LogP contribution in [-0.2, 0) is 6.54 Å². The van der Waals surface area contributed by atoms with E-state index in [1.807, 2.05) is 5.38 Å². The highest BCUT2D eigenvalue weighted by atomic mass is 32.1. The monoisotopic (exact) mass is 345 g/mol. The maximum absolute atomic E-state index is 10.9. The van der Waals surface area contributed by atoms with Crippen molar-refractivity contribution >= 4 is 22.0 Å². The Bertz CT molecular complexity index is 864. The Morgan fingerprint density at radius 1 is 1.29 bits per heavy atom. The number of rotatable bonds is 4. The summed E-state index contributed by atoms with van der Waals surface area (Å²) < 4.78 is 2.16. The van der Waals surface area contributed by atoms with Crippen molar-refractivity contribution in [1.29, 1.82) is 0 Å². The summed E-state index contributed by atoms with van der Waals surface area (Å²) >= 11 is 1.62. The predicted molar refractivity (Wildman–Crippen MR) is 91.2 cm³/mol. The van der Waals surface area contributed by atoms with E-state index in [-0.39, 0.29) is 10.6 Å². The lowest BCUT2D eigenvalue weighted by atomic mass is 10.1. The van der Waals surface area contributed by atoms with Gasteiger partial charge in [-0.15, -0.1) is 11.3 Å². The molecule has 1 aromatic carbocycles. The van der Waals surface area contributed by atoms with Crippen molar-refractivity contribution in [2.24, 2.45) is 0 Å². The van der Waals surface area contributed by atoms with Crippen LogP contribution >= 0.6 is 11.3 Å². The van der Waals surface area contributed by atoms with Gasteiger partial charge in [-0.2, -0.15) is 0 Å². The van der Waals surface area contributed by atoms with Crippen LogP contribution in [0, 0.1) is 10.1 Å². The molecule has 0 unspecified atom stereocenters. The van der Waals surface area contributed by atoms with Crippen LogP contribution in [-0.4, -0.2) is 40.5 Å². The molecule has 1 saturated heterocycles. The van der Waals surface area contributed by atoms with Crippen molar-refractivity contribution in [3.8, 4) is 11.3 Å². The van der Waals surface area contributed by atoms with Crippen molar-refractivity contribution in [2.75, 3.05) is 26.2 Å². The van der Waals surface area contributed by atoms with E-state index in [0.717, 1.165) is 48.9 Å². The Balaban J connectivity index is 1.72. The number of nitrogens with two attached hydrogens (primary N) is 1. The number of hydrogen-bond donors (Lipinski definition) is 2. The summed E-state index contributed by atoms with van der Waals surface area (Å²) in [5.74, 6) is 0. The van der Waals surface area contributed by atoms with Crippen molar-refractivity contribution in [1.82, 2.24) is 9.38 Å². The van der Waals surface area contributed by atoms with Crippen LogP contribution in [0.4, 0.5) is 5.69 Å². The third kappa shape index (κ3) is 2.79. The summed E-state index contributed by atoms with van der Waals surface area (Å²) in [5.41, 5.74) is 3.18. The number of nitrogens with zero attached hydrogens (tertiary/aromatic N) is 3. The van der Waals surface area contributed by atoms with E-state index in [1.165, 1.54) is 5.69 Å². The van der Waals surface area contributed by atoms with Gasteiger partial charge in [0.1, 0.15) is 38.4 Å². The van der Waals surface area contributed by atoms with E-state index in [9.17, 15) is 10.1 Å². The zero-order valence-corrected chi connectivity index (χ0v) is 14.0.